The predicted molar refractivity (Wildman–Crippen MR) is 159 cm³/mol. The van der Waals surface area contributed by atoms with E-state index in [1.54, 1.807) is 25.1 Å². The Morgan fingerprint density at radius 2 is 1.64 bits per heavy atom. The molecule has 3 aromatic carbocycles. The summed E-state index contributed by atoms with van der Waals surface area (Å²) in [5.74, 6) is -0.597. The third kappa shape index (κ3) is 6.01. The third-order valence-electron chi connectivity index (χ3n) is 7.06. The van der Waals surface area contributed by atoms with E-state index in [0.29, 0.717) is 34.8 Å². The summed E-state index contributed by atoms with van der Waals surface area (Å²) < 4.78 is 95.2. The molecule has 3 N–H and O–H groups in total. The lowest BCUT2D eigenvalue weighted by molar-refractivity contribution is -0.348. The van der Waals surface area contributed by atoms with Gasteiger partial charge in [0.15, 0.2) is 0 Å². The minimum Gasteiger partial charge on any atom is -0.386 e. The first-order valence-corrected chi connectivity index (χ1v) is 14.8. The molecule has 4 rings (SSSR count). The van der Waals surface area contributed by atoms with E-state index < -0.39 is 41.4 Å². The van der Waals surface area contributed by atoms with Gasteiger partial charge in [0.1, 0.15) is 0 Å². The van der Waals surface area contributed by atoms with Crippen LogP contribution in [0.1, 0.15) is 38.8 Å². The van der Waals surface area contributed by atoms with Crippen molar-refractivity contribution in [3.05, 3.63) is 81.9 Å². The fourth-order valence-electron chi connectivity index (χ4n) is 4.90. The summed E-state index contributed by atoms with van der Waals surface area (Å²) in [6, 6.07) is 10.6. The topological polar surface area (TPSA) is 73.5 Å². The van der Waals surface area contributed by atoms with Gasteiger partial charge in [-0.15, -0.1) is 0 Å². The number of hydrogen-bond acceptors (Lipinski definition) is 5. The standard InChI is InChI=1S/C29H26ClF7N4O2S/c1-15(14-44-3)41-23-11-16(7-9-21(23)40-25(42)18-5-4-6-19(30)24(18)26(41)43)13-39-22-12-17(8-10-20(22)38-2)27(31,28(32,33)34)29(35,36)37/h4-12,15,38-39H,13-14H2,1-3H3,(H,40,42)/t15-/m0/s1. The van der Waals surface area contributed by atoms with Crippen molar-refractivity contribution in [3.63, 3.8) is 0 Å². The van der Waals surface area contributed by atoms with Gasteiger partial charge < -0.3 is 20.9 Å². The van der Waals surface area contributed by atoms with Crippen LogP contribution < -0.4 is 20.9 Å². The molecule has 0 saturated carbocycles. The number of alkyl halides is 7. The molecule has 44 heavy (non-hydrogen) atoms. The molecule has 0 spiro atoms. The summed E-state index contributed by atoms with van der Waals surface area (Å²) in [7, 11) is 1.39. The number of nitrogens with one attached hydrogen (secondary N) is 3. The van der Waals surface area contributed by atoms with Crippen LogP contribution in [0.4, 0.5) is 53.5 Å². The number of hydrogen-bond donors (Lipinski definition) is 3. The average Bonchev–Trinajstić information content (AvgIpc) is 2.94. The van der Waals surface area contributed by atoms with Gasteiger partial charge in [0.2, 0.25) is 0 Å². The maximum Gasteiger partial charge on any atom is 0.435 e. The zero-order valence-electron chi connectivity index (χ0n) is 23.4. The van der Waals surface area contributed by atoms with Crippen molar-refractivity contribution in [3.8, 4) is 0 Å². The highest BCUT2D eigenvalue weighted by atomic mass is 35.5. The zero-order valence-corrected chi connectivity index (χ0v) is 25.0. The zero-order chi connectivity index (χ0) is 32.6. The summed E-state index contributed by atoms with van der Waals surface area (Å²) in [6.07, 6.45) is -10.7. The molecule has 3 aromatic rings. The van der Waals surface area contributed by atoms with E-state index in [4.69, 9.17) is 11.6 Å². The van der Waals surface area contributed by atoms with E-state index in [0.717, 1.165) is 6.07 Å². The van der Waals surface area contributed by atoms with Crippen LogP contribution in [-0.2, 0) is 12.2 Å². The van der Waals surface area contributed by atoms with Crippen molar-refractivity contribution in [2.24, 2.45) is 0 Å². The molecule has 6 nitrogen and oxygen atoms in total. The minimum atomic E-state index is -6.27. The van der Waals surface area contributed by atoms with Crippen molar-refractivity contribution in [1.82, 2.24) is 0 Å². The molecule has 0 unspecified atom stereocenters. The number of anilines is 4. The largest absolute Gasteiger partial charge is 0.435 e. The molecular formula is C29H26ClF7N4O2S. The molecule has 0 radical (unpaired) electrons. The molecule has 1 heterocycles. The Morgan fingerprint density at radius 3 is 2.25 bits per heavy atom. The fraction of sp³-hybridized carbons (Fsp3) is 0.310. The van der Waals surface area contributed by atoms with Crippen LogP contribution in [0.2, 0.25) is 5.02 Å². The van der Waals surface area contributed by atoms with Crippen LogP contribution in [0.15, 0.2) is 54.6 Å². The quantitative estimate of drug-likeness (QED) is 0.212. The Hall–Kier alpha value is -3.65. The van der Waals surface area contributed by atoms with Gasteiger partial charge in [-0.05, 0) is 55.1 Å². The maximum atomic E-state index is 14.8. The number of nitrogens with zero attached hydrogens (tertiary/aromatic N) is 1. The van der Waals surface area contributed by atoms with Crippen molar-refractivity contribution in [2.75, 3.05) is 39.9 Å². The molecule has 1 atom stereocenters. The number of rotatable bonds is 8. The Bertz CT molecular complexity index is 1570. The summed E-state index contributed by atoms with van der Waals surface area (Å²) in [4.78, 5) is 28.5. The number of amides is 2. The molecule has 236 valence electrons. The van der Waals surface area contributed by atoms with Gasteiger partial charge >= 0.3 is 18.0 Å². The Morgan fingerprint density at radius 1 is 0.955 bits per heavy atom. The molecular weight excluding hydrogens is 637 g/mol. The van der Waals surface area contributed by atoms with E-state index >= 15 is 0 Å². The lowest BCUT2D eigenvalue weighted by Crippen LogP contribution is -2.50. The summed E-state index contributed by atoms with van der Waals surface area (Å²) >= 11 is 7.84. The highest BCUT2D eigenvalue weighted by Crippen LogP contribution is 2.54. The molecule has 1 aliphatic heterocycles. The first-order valence-electron chi connectivity index (χ1n) is 13.0. The third-order valence-corrected chi connectivity index (χ3v) is 8.19. The van der Waals surface area contributed by atoms with Crippen LogP contribution in [0.25, 0.3) is 0 Å². The monoisotopic (exact) mass is 662 g/mol. The van der Waals surface area contributed by atoms with Gasteiger partial charge in [-0.25, -0.2) is 4.39 Å². The lowest BCUT2D eigenvalue weighted by atomic mass is 9.93. The molecule has 0 bridgehead atoms. The molecule has 15 heteroatoms. The molecule has 0 saturated heterocycles. The first kappa shape index (κ1) is 33.2. The highest BCUT2D eigenvalue weighted by molar-refractivity contribution is 7.98. The van der Waals surface area contributed by atoms with Crippen LogP contribution in [0.3, 0.4) is 0 Å². The second-order valence-corrected chi connectivity index (χ2v) is 11.3. The van der Waals surface area contributed by atoms with Crippen LogP contribution in [0, 0.1) is 0 Å². The van der Waals surface area contributed by atoms with Crippen LogP contribution >= 0.6 is 23.4 Å². The molecule has 0 aromatic heterocycles. The SMILES string of the molecule is CNc1ccc(C(F)(C(F)(F)F)C(F)(F)F)cc1NCc1ccc2c(c1)N([C@@H](C)CSC)C(=O)c1c(Cl)cccc1C(=O)N2. The van der Waals surface area contributed by atoms with Crippen molar-refractivity contribution < 1.29 is 40.3 Å². The number of fused-ring (bicyclic) bond motifs is 2. The van der Waals surface area contributed by atoms with Crippen LogP contribution in [-0.4, -0.2) is 49.3 Å². The van der Waals surface area contributed by atoms with Gasteiger partial charge in [0, 0.05) is 31.0 Å². The number of carbonyl (C=O) groups excluding carboxylic acids is 2. The van der Waals surface area contributed by atoms with Crippen molar-refractivity contribution in [2.45, 2.75) is 37.5 Å². The lowest BCUT2D eigenvalue weighted by Gasteiger charge is -2.33. The Balaban J connectivity index is 1.75. The van der Waals surface area contributed by atoms with Gasteiger partial charge in [-0.2, -0.15) is 38.1 Å². The first-order chi connectivity index (χ1) is 20.5. The van der Waals surface area contributed by atoms with E-state index in [-0.39, 0.29) is 34.1 Å². The van der Waals surface area contributed by atoms with Gasteiger partial charge in [-0.1, -0.05) is 29.8 Å². The normalized spacial score (nSPS) is 14.7. The average molecular weight is 663 g/mol. The number of benzene rings is 3. The van der Waals surface area contributed by atoms with Crippen LogP contribution in [0.5, 0.6) is 0 Å². The molecule has 1 aliphatic rings. The van der Waals surface area contributed by atoms with E-state index in [1.165, 1.54) is 41.9 Å². The van der Waals surface area contributed by atoms with Gasteiger partial charge in [0.25, 0.3) is 11.8 Å². The summed E-state index contributed by atoms with van der Waals surface area (Å²) in [5, 5.41) is 8.27. The Kier molecular flexibility index (Phi) is 9.36. The van der Waals surface area contributed by atoms with E-state index in [9.17, 15) is 40.3 Å². The van der Waals surface area contributed by atoms with Gasteiger partial charge in [-0.3, -0.25) is 9.59 Å². The van der Waals surface area contributed by atoms with Crippen molar-refractivity contribution in [1.29, 1.82) is 0 Å². The number of carbonyl (C=O) groups is 2. The molecule has 2 amide bonds. The highest BCUT2D eigenvalue weighted by Gasteiger charge is 2.73. The maximum absolute atomic E-state index is 14.8. The second kappa shape index (κ2) is 12.4. The minimum absolute atomic E-state index is 0.00769. The van der Waals surface area contributed by atoms with E-state index in [2.05, 4.69) is 16.0 Å². The molecule has 0 fully saturated rings. The van der Waals surface area contributed by atoms with E-state index in [1.807, 2.05) is 6.26 Å². The summed E-state index contributed by atoms with van der Waals surface area (Å²) in [6.45, 7) is 1.64. The Labute approximate surface area is 257 Å². The second-order valence-electron chi connectivity index (χ2n) is 9.97. The fourth-order valence-corrected chi connectivity index (χ4v) is 5.79. The van der Waals surface area contributed by atoms with Crippen molar-refractivity contribution >= 4 is 57.9 Å². The summed E-state index contributed by atoms with van der Waals surface area (Å²) in [5.41, 5.74) is -6.24. The predicted octanol–water partition coefficient (Wildman–Crippen LogP) is 8.25. The number of thioether (sulfide) groups is 1. The smallest absolute Gasteiger partial charge is 0.386 e. The number of halogens is 8. The van der Waals surface area contributed by atoms with Gasteiger partial charge in [0.05, 0.1) is 38.9 Å². The molecule has 0 aliphatic carbocycles.